The average molecular weight is 764 g/mol. The minimum Gasteiger partial charge on any atom is -0.208 e. The maximum absolute atomic E-state index is 5.29. The summed E-state index contributed by atoms with van der Waals surface area (Å²) in [6.07, 6.45) is 0. The summed E-state index contributed by atoms with van der Waals surface area (Å²) in [5, 5.41) is 7.06. The molecule has 0 fully saturated rings. The molecule has 0 radical (unpaired) electrons. The molecule has 11 aromatic rings. The zero-order valence-corrected chi connectivity index (χ0v) is 32.7. The number of hydrogen-bond donors (Lipinski definition) is 0. The van der Waals surface area contributed by atoms with E-state index in [-0.39, 0.29) is 0 Å². The molecule has 0 saturated heterocycles. The molecular weight excluding hydrogens is 727 g/mol. The minimum atomic E-state index is 0.632. The van der Waals surface area contributed by atoms with E-state index in [1.165, 1.54) is 49.4 Å². The molecule has 0 amide bonds. The van der Waals surface area contributed by atoms with Gasteiger partial charge >= 0.3 is 0 Å². The first kappa shape index (κ1) is 35.2. The molecule has 0 aliphatic heterocycles. The summed E-state index contributed by atoms with van der Waals surface area (Å²) in [4.78, 5) is 15.6. The summed E-state index contributed by atoms with van der Waals surface area (Å²) in [6, 6.07) is 79.4. The van der Waals surface area contributed by atoms with Gasteiger partial charge in [-0.3, -0.25) is 0 Å². The van der Waals surface area contributed by atoms with Crippen molar-refractivity contribution in [2.45, 2.75) is 0 Å². The molecule has 0 bridgehead atoms. The van der Waals surface area contributed by atoms with Crippen LogP contribution in [0.1, 0.15) is 0 Å². The fourth-order valence-corrected chi connectivity index (χ4v) is 8.87. The van der Waals surface area contributed by atoms with E-state index < -0.39 is 0 Å². The van der Waals surface area contributed by atoms with E-state index >= 15 is 0 Å². The summed E-state index contributed by atoms with van der Waals surface area (Å²) < 4.78 is 0. The Labute approximate surface area is 349 Å². The standard InChI is InChI=1S/C57H37N3/c1-4-20-38(21-5-1)41-26-10-14-30-45(41)53-46-31-15-17-33-48(46)54(49-34-18-16-32-47(49)53)50-36-37-52(44-29-13-12-28-43(44)50)57-59-55(40-24-8-3-9-25-40)58-56(60-57)51-35-19-11-27-42(51)39-22-6-2-7-23-39/h1-37H. The SMILES string of the molecule is c1ccc(-c2nc(-c3ccccc3-c3ccccc3)nc(-c3ccc(-c4c5ccccc5c(-c5ccccc5-c5ccccc5)c5ccccc45)c4ccccc34)n2)cc1. The fourth-order valence-electron chi connectivity index (χ4n) is 8.87. The van der Waals surface area contributed by atoms with Gasteiger partial charge in [-0.2, -0.15) is 0 Å². The molecule has 11 rings (SSSR count). The second-order valence-corrected chi connectivity index (χ2v) is 15.0. The lowest BCUT2D eigenvalue weighted by atomic mass is 9.82. The summed E-state index contributed by atoms with van der Waals surface area (Å²) in [5.41, 5.74) is 12.3. The molecular formula is C57H37N3. The van der Waals surface area contributed by atoms with Gasteiger partial charge in [0.1, 0.15) is 0 Å². The molecule has 1 heterocycles. The number of aromatic nitrogens is 3. The quantitative estimate of drug-likeness (QED) is 0.152. The molecule has 1 aromatic heterocycles. The van der Waals surface area contributed by atoms with Gasteiger partial charge in [0.25, 0.3) is 0 Å². The van der Waals surface area contributed by atoms with Crippen LogP contribution in [0.2, 0.25) is 0 Å². The lowest BCUT2D eigenvalue weighted by Gasteiger charge is -2.21. The van der Waals surface area contributed by atoms with Gasteiger partial charge in [0.15, 0.2) is 17.5 Å². The molecule has 60 heavy (non-hydrogen) atoms. The van der Waals surface area contributed by atoms with E-state index in [2.05, 4.69) is 200 Å². The Morgan fingerprint density at radius 2 is 0.500 bits per heavy atom. The van der Waals surface area contributed by atoms with Crippen molar-refractivity contribution < 1.29 is 0 Å². The van der Waals surface area contributed by atoms with Crippen LogP contribution in [-0.4, -0.2) is 15.0 Å². The van der Waals surface area contributed by atoms with E-state index in [9.17, 15) is 0 Å². The zero-order chi connectivity index (χ0) is 39.8. The molecule has 0 unspecified atom stereocenters. The zero-order valence-electron chi connectivity index (χ0n) is 32.7. The van der Waals surface area contributed by atoms with E-state index in [4.69, 9.17) is 15.0 Å². The summed E-state index contributed by atoms with van der Waals surface area (Å²) in [6.45, 7) is 0. The van der Waals surface area contributed by atoms with E-state index in [0.717, 1.165) is 44.2 Å². The third-order valence-corrected chi connectivity index (χ3v) is 11.6. The van der Waals surface area contributed by atoms with E-state index in [1.807, 2.05) is 24.3 Å². The lowest BCUT2D eigenvalue weighted by Crippen LogP contribution is -2.01. The Morgan fingerprint density at radius 1 is 0.183 bits per heavy atom. The largest absolute Gasteiger partial charge is 0.208 e. The first-order valence-electron chi connectivity index (χ1n) is 20.4. The van der Waals surface area contributed by atoms with E-state index in [0.29, 0.717) is 17.5 Å². The number of nitrogens with zero attached hydrogens (tertiary/aromatic N) is 3. The second kappa shape index (κ2) is 15.1. The highest BCUT2D eigenvalue weighted by molar-refractivity contribution is 6.24. The predicted octanol–water partition coefficient (Wildman–Crippen LogP) is 15.0. The van der Waals surface area contributed by atoms with Gasteiger partial charge < -0.3 is 0 Å². The van der Waals surface area contributed by atoms with Crippen LogP contribution in [0.3, 0.4) is 0 Å². The van der Waals surface area contributed by atoms with Crippen molar-refractivity contribution in [2.75, 3.05) is 0 Å². The molecule has 0 saturated carbocycles. The lowest BCUT2D eigenvalue weighted by molar-refractivity contribution is 1.08. The topological polar surface area (TPSA) is 38.7 Å². The molecule has 280 valence electrons. The van der Waals surface area contributed by atoms with Gasteiger partial charge in [0.2, 0.25) is 0 Å². The van der Waals surface area contributed by atoms with Crippen LogP contribution in [0.4, 0.5) is 0 Å². The smallest absolute Gasteiger partial charge is 0.164 e. The van der Waals surface area contributed by atoms with Crippen molar-refractivity contribution in [3.63, 3.8) is 0 Å². The number of rotatable bonds is 7. The molecule has 0 aliphatic carbocycles. The fraction of sp³-hybridized carbons (Fsp3) is 0. The highest BCUT2D eigenvalue weighted by Crippen LogP contribution is 2.48. The molecule has 3 heteroatoms. The molecule has 3 nitrogen and oxygen atoms in total. The van der Waals surface area contributed by atoms with Crippen molar-refractivity contribution >= 4 is 32.3 Å². The molecule has 0 spiro atoms. The number of benzene rings is 10. The van der Waals surface area contributed by atoms with Crippen molar-refractivity contribution in [2.24, 2.45) is 0 Å². The molecule has 0 aliphatic rings. The molecule has 10 aromatic carbocycles. The van der Waals surface area contributed by atoms with Crippen LogP contribution in [0.15, 0.2) is 224 Å². The van der Waals surface area contributed by atoms with Gasteiger partial charge in [-0.25, -0.2) is 15.0 Å². The third kappa shape index (κ3) is 6.12. The van der Waals surface area contributed by atoms with Crippen molar-refractivity contribution in [3.8, 4) is 78.7 Å². The van der Waals surface area contributed by atoms with Crippen molar-refractivity contribution in [3.05, 3.63) is 224 Å². The first-order valence-corrected chi connectivity index (χ1v) is 20.4. The Morgan fingerprint density at radius 3 is 1.02 bits per heavy atom. The van der Waals surface area contributed by atoms with Crippen molar-refractivity contribution in [1.82, 2.24) is 15.0 Å². The van der Waals surface area contributed by atoms with Gasteiger partial charge in [-0.1, -0.05) is 218 Å². The monoisotopic (exact) mass is 763 g/mol. The Hall–Kier alpha value is -8.01. The number of fused-ring (bicyclic) bond motifs is 3. The van der Waals surface area contributed by atoms with Crippen LogP contribution in [0.5, 0.6) is 0 Å². The van der Waals surface area contributed by atoms with Crippen LogP contribution in [0, 0.1) is 0 Å². The van der Waals surface area contributed by atoms with Crippen molar-refractivity contribution in [1.29, 1.82) is 0 Å². The number of hydrogen-bond acceptors (Lipinski definition) is 3. The van der Waals surface area contributed by atoms with Gasteiger partial charge in [-0.15, -0.1) is 0 Å². The van der Waals surface area contributed by atoms with Gasteiger partial charge in [0, 0.05) is 16.7 Å². The molecule has 0 atom stereocenters. The Kier molecular flexibility index (Phi) is 8.83. The third-order valence-electron chi connectivity index (χ3n) is 11.6. The van der Waals surface area contributed by atoms with Crippen LogP contribution in [-0.2, 0) is 0 Å². The highest BCUT2D eigenvalue weighted by atomic mass is 15.0. The van der Waals surface area contributed by atoms with Crippen LogP contribution >= 0.6 is 0 Å². The summed E-state index contributed by atoms with van der Waals surface area (Å²) in [5.74, 6) is 1.90. The van der Waals surface area contributed by atoms with Crippen LogP contribution < -0.4 is 0 Å². The average Bonchev–Trinajstić information content (AvgIpc) is 3.33. The predicted molar refractivity (Wildman–Crippen MR) is 250 cm³/mol. The second-order valence-electron chi connectivity index (χ2n) is 15.0. The first-order chi connectivity index (χ1) is 29.8. The van der Waals surface area contributed by atoms with Gasteiger partial charge in [-0.05, 0) is 82.9 Å². The maximum Gasteiger partial charge on any atom is 0.164 e. The van der Waals surface area contributed by atoms with Gasteiger partial charge in [0.05, 0.1) is 0 Å². The summed E-state index contributed by atoms with van der Waals surface area (Å²) in [7, 11) is 0. The summed E-state index contributed by atoms with van der Waals surface area (Å²) >= 11 is 0. The minimum absolute atomic E-state index is 0.632. The normalized spacial score (nSPS) is 11.3. The Balaban J connectivity index is 1.15. The van der Waals surface area contributed by atoms with Crippen LogP contribution in [0.25, 0.3) is 111 Å². The maximum atomic E-state index is 5.29. The highest BCUT2D eigenvalue weighted by Gasteiger charge is 2.22. The Bertz CT molecular complexity index is 3300. The van der Waals surface area contributed by atoms with E-state index in [1.54, 1.807) is 0 Å². The molecule has 0 N–H and O–H groups in total.